The van der Waals surface area contributed by atoms with E-state index < -0.39 is 0 Å². The Hall–Kier alpha value is -1.13. The number of ether oxygens (including phenoxy) is 1. The molecule has 0 aliphatic rings. The highest BCUT2D eigenvalue weighted by atomic mass is 19.1. The Morgan fingerprint density at radius 1 is 1.42 bits per heavy atom. The maximum absolute atomic E-state index is 12.9. The number of anilines is 1. The third-order valence-corrected chi connectivity index (χ3v) is 1.45. The van der Waals surface area contributed by atoms with Crippen LogP contribution < -0.4 is 11.5 Å². The van der Waals surface area contributed by atoms with Crippen LogP contribution in [-0.2, 0) is 11.3 Å². The van der Waals surface area contributed by atoms with E-state index in [0.29, 0.717) is 11.3 Å². The molecule has 1 aromatic carbocycles. The zero-order chi connectivity index (χ0) is 8.97. The molecule has 0 unspecified atom stereocenters. The summed E-state index contributed by atoms with van der Waals surface area (Å²) in [4.78, 5) is 0. The molecule has 0 amide bonds. The molecule has 0 aliphatic carbocycles. The van der Waals surface area contributed by atoms with Gasteiger partial charge in [-0.25, -0.2) is 4.39 Å². The number of halogens is 1. The summed E-state index contributed by atoms with van der Waals surface area (Å²) in [5.41, 5.74) is 11.5. The first-order valence-electron chi connectivity index (χ1n) is 3.55. The predicted molar refractivity (Wildman–Crippen MR) is 44.7 cm³/mol. The third kappa shape index (κ3) is 2.18. The molecular weight excluding hydrogens is 159 g/mol. The Morgan fingerprint density at radius 2 is 2.17 bits per heavy atom. The number of nitrogen functional groups attached to an aromatic ring is 1. The summed E-state index contributed by atoms with van der Waals surface area (Å²) in [5.74, 6) is -0.322. The fourth-order valence-electron chi connectivity index (χ4n) is 0.874. The summed E-state index contributed by atoms with van der Waals surface area (Å²) in [6.45, 7) is 0.238. The lowest BCUT2D eigenvalue weighted by atomic mass is 10.2. The van der Waals surface area contributed by atoms with Crippen LogP contribution in [0.2, 0.25) is 0 Å². The Balaban J connectivity index is 2.75. The zero-order valence-corrected chi connectivity index (χ0v) is 6.59. The maximum Gasteiger partial charge on any atom is 0.128 e. The summed E-state index contributed by atoms with van der Waals surface area (Å²) in [6.07, 6.45) is 0. The highest BCUT2D eigenvalue weighted by Gasteiger charge is 2.01. The minimum absolute atomic E-state index is 0.0776. The Kier molecular flexibility index (Phi) is 3.01. The molecule has 12 heavy (non-hydrogen) atoms. The van der Waals surface area contributed by atoms with Crippen LogP contribution in [0.4, 0.5) is 10.1 Å². The quantitative estimate of drug-likeness (QED) is 0.522. The first kappa shape index (κ1) is 8.96. The van der Waals surface area contributed by atoms with Crippen molar-refractivity contribution in [1.82, 2.24) is 0 Å². The van der Waals surface area contributed by atoms with Crippen molar-refractivity contribution >= 4 is 5.69 Å². The lowest BCUT2D eigenvalue weighted by Gasteiger charge is -2.03. The van der Waals surface area contributed by atoms with Crippen LogP contribution >= 0.6 is 0 Å². The summed E-state index contributed by atoms with van der Waals surface area (Å²) in [7, 11) is 0. The van der Waals surface area contributed by atoms with Crippen LogP contribution in [0.25, 0.3) is 0 Å². The second kappa shape index (κ2) is 4.04. The van der Waals surface area contributed by atoms with E-state index in [1.807, 2.05) is 0 Å². The Morgan fingerprint density at radius 3 is 2.83 bits per heavy atom. The van der Waals surface area contributed by atoms with Gasteiger partial charge in [-0.15, -0.1) is 0 Å². The topological polar surface area (TPSA) is 61.3 Å². The molecule has 0 fully saturated rings. The van der Waals surface area contributed by atoms with Crippen LogP contribution in [0.5, 0.6) is 0 Å². The molecule has 3 nitrogen and oxygen atoms in total. The van der Waals surface area contributed by atoms with E-state index in [1.165, 1.54) is 18.2 Å². The van der Waals surface area contributed by atoms with E-state index in [2.05, 4.69) is 0 Å². The average Bonchev–Trinajstić information content (AvgIpc) is 2.07. The second-order valence-electron chi connectivity index (χ2n) is 2.37. The molecule has 0 saturated carbocycles. The number of nitrogens with two attached hydrogens (primary N) is 2. The molecule has 66 valence electrons. The van der Waals surface area contributed by atoms with Crippen LogP contribution in [0.3, 0.4) is 0 Å². The summed E-state index contributed by atoms with van der Waals surface area (Å²) in [5, 5.41) is 0. The van der Waals surface area contributed by atoms with Gasteiger partial charge in [-0.2, -0.15) is 0 Å². The first-order chi connectivity index (χ1) is 5.74. The molecule has 0 aliphatic heterocycles. The largest absolute Gasteiger partial charge is 0.399 e. The van der Waals surface area contributed by atoms with Crippen molar-refractivity contribution in [1.29, 1.82) is 0 Å². The Labute approximate surface area is 70.1 Å². The van der Waals surface area contributed by atoms with Crippen LogP contribution in [0, 0.1) is 5.82 Å². The normalized spacial score (nSPS) is 10.2. The zero-order valence-electron chi connectivity index (χ0n) is 6.59. The van der Waals surface area contributed by atoms with Gasteiger partial charge in [0.1, 0.15) is 5.82 Å². The fraction of sp³-hybridized carbons (Fsp3) is 0.250. The number of rotatable bonds is 3. The van der Waals surface area contributed by atoms with Gasteiger partial charge in [-0.1, -0.05) is 0 Å². The van der Waals surface area contributed by atoms with Crippen molar-refractivity contribution in [2.75, 3.05) is 12.5 Å². The maximum atomic E-state index is 12.9. The highest BCUT2D eigenvalue weighted by Crippen LogP contribution is 2.12. The van der Waals surface area contributed by atoms with Crippen molar-refractivity contribution < 1.29 is 9.13 Å². The molecular formula is C8H11FN2O. The monoisotopic (exact) mass is 170 g/mol. The van der Waals surface area contributed by atoms with Crippen molar-refractivity contribution in [2.45, 2.75) is 6.61 Å². The van der Waals surface area contributed by atoms with Crippen molar-refractivity contribution in [2.24, 2.45) is 5.73 Å². The second-order valence-corrected chi connectivity index (χ2v) is 2.37. The smallest absolute Gasteiger partial charge is 0.128 e. The van der Waals surface area contributed by atoms with Crippen LogP contribution in [-0.4, -0.2) is 6.73 Å². The van der Waals surface area contributed by atoms with E-state index in [4.69, 9.17) is 16.2 Å². The summed E-state index contributed by atoms with van der Waals surface area (Å²) < 4.78 is 17.8. The number of hydrogen-bond acceptors (Lipinski definition) is 3. The van der Waals surface area contributed by atoms with Gasteiger partial charge in [0.05, 0.1) is 13.3 Å². The van der Waals surface area contributed by atoms with Gasteiger partial charge in [0.2, 0.25) is 0 Å². The summed E-state index contributed by atoms with van der Waals surface area (Å²) in [6, 6.07) is 4.34. The minimum atomic E-state index is -0.322. The minimum Gasteiger partial charge on any atom is -0.399 e. The van der Waals surface area contributed by atoms with Gasteiger partial charge in [-0.05, 0) is 18.2 Å². The van der Waals surface area contributed by atoms with Crippen LogP contribution in [0.1, 0.15) is 5.56 Å². The highest BCUT2D eigenvalue weighted by molar-refractivity contribution is 5.41. The number of hydrogen-bond donors (Lipinski definition) is 2. The molecule has 4 N–H and O–H groups in total. The molecule has 4 heteroatoms. The van der Waals surface area contributed by atoms with Crippen molar-refractivity contribution in [3.63, 3.8) is 0 Å². The lowest BCUT2D eigenvalue weighted by molar-refractivity contribution is 0.125. The average molecular weight is 170 g/mol. The van der Waals surface area contributed by atoms with E-state index in [9.17, 15) is 4.39 Å². The van der Waals surface area contributed by atoms with Gasteiger partial charge >= 0.3 is 0 Å². The first-order valence-corrected chi connectivity index (χ1v) is 3.55. The molecule has 0 saturated heterocycles. The van der Waals surface area contributed by atoms with Crippen molar-refractivity contribution in [3.8, 4) is 0 Å². The standard InChI is InChI=1S/C8H11FN2O/c9-8-2-1-7(11)3-6(8)4-12-5-10/h1-3H,4-5,10-11H2. The molecule has 0 heterocycles. The molecule has 1 rings (SSSR count). The van der Waals surface area contributed by atoms with Gasteiger partial charge in [0.15, 0.2) is 0 Å². The fourth-order valence-corrected chi connectivity index (χ4v) is 0.874. The number of benzene rings is 1. The van der Waals surface area contributed by atoms with E-state index in [-0.39, 0.29) is 19.2 Å². The van der Waals surface area contributed by atoms with Crippen LogP contribution in [0.15, 0.2) is 18.2 Å². The van der Waals surface area contributed by atoms with Gasteiger partial charge < -0.3 is 16.2 Å². The molecule has 1 aromatic rings. The van der Waals surface area contributed by atoms with Gasteiger partial charge in [0, 0.05) is 11.3 Å². The molecule has 0 spiro atoms. The SMILES string of the molecule is NCOCc1cc(N)ccc1F. The lowest BCUT2D eigenvalue weighted by Crippen LogP contribution is -2.05. The Bertz CT molecular complexity index is 265. The molecule has 0 bridgehead atoms. The van der Waals surface area contributed by atoms with E-state index >= 15 is 0 Å². The molecule has 0 radical (unpaired) electrons. The predicted octanol–water partition coefficient (Wildman–Crippen LogP) is 0.841. The van der Waals surface area contributed by atoms with E-state index in [1.54, 1.807) is 0 Å². The van der Waals surface area contributed by atoms with Gasteiger partial charge in [0.25, 0.3) is 0 Å². The third-order valence-electron chi connectivity index (χ3n) is 1.45. The molecule has 0 aromatic heterocycles. The van der Waals surface area contributed by atoms with Gasteiger partial charge in [-0.3, -0.25) is 0 Å². The summed E-state index contributed by atoms with van der Waals surface area (Å²) >= 11 is 0. The van der Waals surface area contributed by atoms with E-state index in [0.717, 1.165) is 0 Å². The molecule has 0 atom stereocenters. The van der Waals surface area contributed by atoms with Crippen molar-refractivity contribution in [3.05, 3.63) is 29.6 Å².